The van der Waals surface area contributed by atoms with Gasteiger partial charge >= 0.3 is 7.12 Å². The Bertz CT molecular complexity index is 1210. The predicted molar refractivity (Wildman–Crippen MR) is 138 cm³/mol. The zero-order valence-corrected chi connectivity index (χ0v) is 21.0. The van der Waals surface area contributed by atoms with Crippen LogP contribution in [0.1, 0.15) is 36.6 Å². The molecule has 2 fully saturated rings. The summed E-state index contributed by atoms with van der Waals surface area (Å²) in [6, 6.07) is 10.8. The molecule has 2 aromatic rings. The highest BCUT2D eigenvalue weighted by Crippen LogP contribution is 2.50. The fourth-order valence-electron chi connectivity index (χ4n) is 6.02. The number of fused-ring (bicyclic) bond motifs is 3. The minimum Gasteiger partial charge on any atom is -0.508 e. The van der Waals surface area contributed by atoms with Crippen LogP contribution in [0.5, 0.6) is 5.75 Å². The fourth-order valence-corrected chi connectivity index (χ4v) is 6.71. The summed E-state index contributed by atoms with van der Waals surface area (Å²) in [7, 11) is -1.04. The third-order valence-corrected chi connectivity index (χ3v) is 8.43. The molecule has 0 bridgehead atoms. The molecule has 0 saturated carbocycles. The molecular weight excluding hydrogens is 477 g/mol. The van der Waals surface area contributed by atoms with Crippen molar-refractivity contribution in [3.63, 3.8) is 0 Å². The van der Waals surface area contributed by atoms with Gasteiger partial charge in [-0.3, -0.25) is 14.5 Å². The SMILES string of the molecule is C/C(=C\c1cccc(O)c1)CC[C@H]1OB(O)C[C@H]2C1=C(CO)C[C@H]1C(=O)N(Cc3cccs3)C(=O)[C@H]12. The standard InChI is InChI=1S/C27H30BNO6S/c1-16(10-17-4-2-5-19(31)11-17)7-8-23-24-18(15-30)12-21-25(22(24)13-28(34)35-23)27(33)29(26(21)32)14-20-6-3-9-36-20/h2-6,9-11,21-23,25,30-31,34H,7-8,12-15H2,1H3/b16-10+/t21-,22+,23-,25-/m1/s1. The van der Waals surface area contributed by atoms with Crippen molar-refractivity contribution in [3.8, 4) is 5.75 Å². The summed E-state index contributed by atoms with van der Waals surface area (Å²) in [5, 5.41) is 32.5. The Morgan fingerprint density at radius 3 is 2.78 bits per heavy atom. The molecule has 1 aliphatic carbocycles. The van der Waals surface area contributed by atoms with Crippen LogP contribution in [-0.4, -0.2) is 51.8 Å². The van der Waals surface area contributed by atoms with Gasteiger partial charge in [0.15, 0.2) is 0 Å². The second-order valence-electron chi connectivity index (χ2n) is 9.94. The summed E-state index contributed by atoms with van der Waals surface area (Å²) in [6.07, 6.45) is 3.38. The van der Waals surface area contributed by atoms with Crippen molar-refractivity contribution in [2.24, 2.45) is 17.8 Å². The molecule has 1 aromatic heterocycles. The number of nitrogens with zero attached hydrogens (tertiary/aromatic N) is 1. The third kappa shape index (κ3) is 4.80. The third-order valence-electron chi connectivity index (χ3n) is 7.57. The lowest BCUT2D eigenvalue weighted by atomic mass is 9.58. The largest absolute Gasteiger partial charge is 0.508 e. The highest BCUT2D eigenvalue weighted by molar-refractivity contribution is 7.09. The summed E-state index contributed by atoms with van der Waals surface area (Å²) in [5.74, 6) is -1.55. The molecule has 7 nitrogen and oxygen atoms in total. The van der Waals surface area contributed by atoms with Crippen LogP contribution in [0.3, 0.4) is 0 Å². The van der Waals surface area contributed by atoms with Gasteiger partial charge in [-0.15, -0.1) is 11.3 Å². The summed E-state index contributed by atoms with van der Waals surface area (Å²) < 4.78 is 5.94. The van der Waals surface area contributed by atoms with E-state index in [4.69, 9.17) is 4.65 Å². The molecule has 2 amide bonds. The number of allylic oxidation sites excluding steroid dienone is 1. The van der Waals surface area contributed by atoms with E-state index in [2.05, 4.69) is 0 Å². The Kier molecular flexibility index (Phi) is 7.17. The van der Waals surface area contributed by atoms with Crippen molar-refractivity contribution >= 4 is 36.3 Å². The maximum absolute atomic E-state index is 13.5. The zero-order valence-electron chi connectivity index (χ0n) is 20.2. The molecular formula is C27H30BNO6S. The second kappa shape index (κ2) is 10.3. The molecule has 1 aromatic carbocycles. The zero-order chi connectivity index (χ0) is 25.4. The monoisotopic (exact) mass is 507 g/mol. The minimum atomic E-state index is -1.04. The first-order valence-corrected chi connectivity index (χ1v) is 13.2. The number of carbonyl (C=O) groups excluding carboxylic acids is 2. The molecule has 0 radical (unpaired) electrons. The van der Waals surface area contributed by atoms with Gasteiger partial charge in [-0.05, 0) is 78.7 Å². The van der Waals surface area contributed by atoms with Crippen molar-refractivity contribution in [3.05, 3.63) is 68.9 Å². The van der Waals surface area contributed by atoms with E-state index in [0.29, 0.717) is 19.3 Å². The molecule has 9 heteroatoms. The van der Waals surface area contributed by atoms with Crippen LogP contribution >= 0.6 is 11.3 Å². The van der Waals surface area contributed by atoms with Crippen molar-refractivity contribution in [2.45, 2.75) is 45.2 Å². The highest BCUT2D eigenvalue weighted by atomic mass is 32.1. The van der Waals surface area contributed by atoms with E-state index in [1.807, 2.05) is 36.6 Å². The van der Waals surface area contributed by atoms with Gasteiger partial charge in [0, 0.05) is 4.88 Å². The van der Waals surface area contributed by atoms with Crippen LogP contribution < -0.4 is 0 Å². The number of carbonyl (C=O) groups is 2. The maximum atomic E-state index is 13.5. The topological polar surface area (TPSA) is 107 Å². The van der Waals surface area contributed by atoms with E-state index in [9.17, 15) is 24.8 Å². The number of aromatic hydroxyl groups is 1. The first-order valence-electron chi connectivity index (χ1n) is 12.4. The van der Waals surface area contributed by atoms with Gasteiger partial charge in [0.1, 0.15) is 5.75 Å². The number of aliphatic hydroxyl groups excluding tert-OH is 1. The number of phenolic OH excluding ortho intramolecular Hbond substituents is 1. The fraction of sp³-hybridized carbons (Fsp3) is 0.407. The predicted octanol–water partition coefficient (Wildman–Crippen LogP) is 3.63. The van der Waals surface area contributed by atoms with Crippen molar-refractivity contribution < 1.29 is 29.5 Å². The molecule has 0 spiro atoms. The number of amides is 2. The molecule has 188 valence electrons. The Balaban J connectivity index is 1.38. The van der Waals surface area contributed by atoms with Gasteiger partial charge < -0.3 is 19.9 Å². The molecule has 5 rings (SSSR count). The number of aliphatic hydroxyl groups is 1. The van der Waals surface area contributed by atoms with Crippen molar-refractivity contribution in [2.75, 3.05) is 6.61 Å². The molecule has 0 unspecified atom stereocenters. The van der Waals surface area contributed by atoms with Crippen LogP contribution in [0.25, 0.3) is 6.08 Å². The Hall–Kier alpha value is -2.72. The molecule has 2 aliphatic heterocycles. The number of imide groups is 1. The summed E-state index contributed by atoms with van der Waals surface area (Å²) in [6.45, 7) is 2.07. The first-order chi connectivity index (χ1) is 17.4. The normalized spacial score (nSPS) is 26.5. The number of likely N-dealkylation sites (tertiary alicyclic amines) is 1. The van der Waals surface area contributed by atoms with Crippen LogP contribution in [-0.2, 0) is 20.8 Å². The van der Waals surface area contributed by atoms with Gasteiger partial charge in [0.2, 0.25) is 11.8 Å². The van der Waals surface area contributed by atoms with Crippen LogP contribution in [0.2, 0.25) is 6.32 Å². The lowest BCUT2D eigenvalue weighted by Gasteiger charge is -2.42. The smallest absolute Gasteiger partial charge is 0.455 e. The van der Waals surface area contributed by atoms with Gasteiger partial charge in [-0.2, -0.15) is 0 Å². The molecule has 4 atom stereocenters. The van der Waals surface area contributed by atoms with Crippen LogP contribution in [0.4, 0.5) is 0 Å². The molecule has 36 heavy (non-hydrogen) atoms. The Morgan fingerprint density at radius 1 is 1.22 bits per heavy atom. The number of rotatable bonds is 7. The number of thiophene rings is 1. The van der Waals surface area contributed by atoms with Gasteiger partial charge in [-0.1, -0.05) is 29.8 Å². The van der Waals surface area contributed by atoms with Crippen LogP contribution in [0, 0.1) is 17.8 Å². The first kappa shape index (κ1) is 25.0. The summed E-state index contributed by atoms with van der Waals surface area (Å²) in [4.78, 5) is 29.1. The van der Waals surface area contributed by atoms with E-state index in [-0.39, 0.29) is 43.0 Å². The van der Waals surface area contributed by atoms with Crippen molar-refractivity contribution in [1.82, 2.24) is 4.90 Å². The number of benzene rings is 1. The number of hydrogen-bond donors (Lipinski definition) is 3. The van der Waals surface area contributed by atoms with E-state index in [1.165, 1.54) is 16.2 Å². The van der Waals surface area contributed by atoms with E-state index < -0.39 is 25.1 Å². The summed E-state index contributed by atoms with van der Waals surface area (Å²) in [5.41, 5.74) is 3.61. The molecule has 3 aliphatic rings. The van der Waals surface area contributed by atoms with Gasteiger partial charge in [0.05, 0.1) is 31.1 Å². The van der Waals surface area contributed by atoms with Gasteiger partial charge in [-0.25, -0.2) is 0 Å². The molecule has 2 saturated heterocycles. The van der Waals surface area contributed by atoms with Gasteiger partial charge in [0.25, 0.3) is 0 Å². The van der Waals surface area contributed by atoms with E-state index in [0.717, 1.165) is 27.2 Å². The van der Waals surface area contributed by atoms with Crippen molar-refractivity contribution in [1.29, 1.82) is 0 Å². The minimum absolute atomic E-state index is 0.189. The van der Waals surface area contributed by atoms with E-state index in [1.54, 1.807) is 18.2 Å². The van der Waals surface area contributed by atoms with Crippen LogP contribution in [0.15, 0.2) is 58.5 Å². The average molecular weight is 507 g/mol. The lowest BCUT2D eigenvalue weighted by Crippen LogP contribution is -2.46. The Labute approximate surface area is 214 Å². The highest BCUT2D eigenvalue weighted by Gasteiger charge is 2.57. The maximum Gasteiger partial charge on any atom is 0.455 e. The quantitative estimate of drug-likeness (QED) is 0.300. The Morgan fingerprint density at radius 2 is 2.06 bits per heavy atom. The average Bonchev–Trinajstić information content (AvgIpc) is 3.44. The second-order valence-corrected chi connectivity index (χ2v) is 11.0. The number of hydrogen-bond acceptors (Lipinski definition) is 7. The lowest BCUT2D eigenvalue weighted by molar-refractivity contribution is -0.140. The van der Waals surface area contributed by atoms with E-state index >= 15 is 0 Å². The molecule has 3 N–H and O–H groups in total. The molecule has 3 heterocycles. The number of phenols is 1. The summed E-state index contributed by atoms with van der Waals surface area (Å²) >= 11 is 1.51.